The van der Waals surface area contributed by atoms with Gasteiger partial charge in [-0.15, -0.1) is 0 Å². The van der Waals surface area contributed by atoms with Crippen molar-refractivity contribution in [3.8, 4) is 0 Å². The molecule has 0 unspecified atom stereocenters. The molecule has 3 N–H and O–H groups in total. The Kier molecular flexibility index (Phi) is 3.52. The third kappa shape index (κ3) is 2.52. The standard InChI is InChI=1S/C13H23N5/c1-10-6-11(2-4-15-10)7-16-13-3-5-17-18(13)12-8-14-9-12/h3,5,10-12,14-16H,2,4,6-9H2,1H3/t10-,11-/m1/s1. The number of nitrogens with one attached hydrogen (secondary N) is 3. The van der Waals surface area contributed by atoms with E-state index in [0.717, 1.165) is 32.1 Å². The molecule has 0 saturated carbocycles. The first-order valence-corrected chi connectivity index (χ1v) is 7.04. The SMILES string of the molecule is C[C@@H]1C[C@H](CNc2ccnn2C2CNC2)CCN1. The summed E-state index contributed by atoms with van der Waals surface area (Å²) in [7, 11) is 0. The van der Waals surface area contributed by atoms with Crippen LogP contribution in [0.1, 0.15) is 25.8 Å². The first kappa shape index (κ1) is 12.0. The van der Waals surface area contributed by atoms with Gasteiger partial charge in [0, 0.05) is 31.7 Å². The summed E-state index contributed by atoms with van der Waals surface area (Å²) in [5, 5.41) is 14.8. The number of rotatable bonds is 4. The Morgan fingerprint density at radius 3 is 3.11 bits per heavy atom. The van der Waals surface area contributed by atoms with Crippen molar-refractivity contribution in [3.63, 3.8) is 0 Å². The van der Waals surface area contributed by atoms with Gasteiger partial charge in [-0.1, -0.05) is 0 Å². The molecule has 0 aromatic carbocycles. The second kappa shape index (κ2) is 5.28. The van der Waals surface area contributed by atoms with Crippen LogP contribution in [0.15, 0.2) is 12.3 Å². The van der Waals surface area contributed by atoms with E-state index in [1.165, 1.54) is 18.7 Å². The molecule has 0 amide bonds. The zero-order valence-corrected chi connectivity index (χ0v) is 11.0. The second-order valence-electron chi connectivity index (χ2n) is 5.60. The molecule has 2 aliphatic heterocycles. The molecule has 2 atom stereocenters. The lowest BCUT2D eigenvalue weighted by molar-refractivity contribution is 0.315. The third-order valence-corrected chi connectivity index (χ3v) is 4.08. The van der Waals surface area contributed by atoms with Gasteiger partial charge >= 0.3 is 0 Å². The lowest BCUT2D eigenvalue weighted by atomic mass is 9.93. The van der Waals surface area contributed by atoms with Crippen molar-refractivity contribution in [1.29, 1.82) is 0 Å². The fourth-order valence-electron chi connectivity index (χ4n) is 2.86. The van der Waals surface area contributed by atoms with E-state index in [2.05, 4.69) is 38.7 Å². The minimum atomic E-state index is 0.537. The Bertz CT molecular complexity index is 384. The van der Waals surface area contributed by atoms with Crippen LogP contribution in [0.4, 0.5) is 5.82 Å². The summed E-state index contributed by atoms with van der Waals surface area (Å²) in [4.78, 5) is 0. The third-order valence-electron chi connectivity index (χ3n) is 4.08. The highest BCUT2D eigenvalue weighted by molar-refractivity contribution is 5.35. The average Bonchev–Trinajstić information content (AvgIpc) is 2.72. The smallest absolute Gasteiger partial charge is 0.124 e. The molecule has 5 heteroatoms. The molecule has 2 saturated heterocycles. The lowest BCUT2D eigenvalue weighted by Crippen LogP contribution is -2.44. The van der Waals surface area contributed by atoms with E-state index in [1.54, 1.807) is 0 Å². The van der Waals surface area contributed by atoms with Gasteiger partial charge in [-0.05, 0) is 32.2 Å². The van der Waals surface area contributed by atoms with E-state index in [-0.39, 0.29) is 0 Å². The normalized spacial score (nSPS) is 28.9. The Hall–Kier alpha value is -1.07. The molecule has 0 spiro atoms. The average molecular weight is 249 g/mol. The molecule has 1 aromatic rings. The molecule has 1 aromatic heterocycles. The van der Waals surface area contributed by atoms with Crippen LogP contribution in [-0.4, -0.2) is 42.0 Å². The van der Waals surface area contributed by atoms with Crippen molar-refractivity contribution in [2.45, 2.75) is 31.8 Å². The molecular formula is C13H23N5. The first-order valence-electron chi connectivity index (χ1n) is 7.04. The fourth-order valence-corrected chi connectivity index (χ4v) is 2.86. The summed E-state index contributed by atoms with van der Waals surface area (Å²) in [6.45, 7) is 6.58. The minimum absolute atomic E-state index is 0.537. The van der Waals surface area contributed by atoms with Crippen molar-refractivity contribution >= 4 is 5.82 Å². The molecule has 0 aliphatic carbocycles. The van der Waals surface area contributed by atoms with Crippen molar-refractivity contribution in [1.82, 2.24) is 20.4 Å². The van der Waals surface area contributed by atoms with E-state index in [4.69, 9.17) is 0 Å². The summed E-state index contributed by atoms with van der Waals surface area (Å²) in [6, 6.07) is 3.28. The van der Waals surface area contributed by atoms with Gasteiger partial charge in [-0.25, -0.2) is 4.68 Å². The Labute approximate surface area is 108 Å². The Morgan fingerprint density at radius 2 is 2.39 bits per heavy atom. The molecular weight excluding hydrogens is 226 g/mol. The maximum Gasteiger partial charge on any atom is 0.124 e. The van der Waals surface area contributed by atoms with E-state index >= 15 is 0 Å². The van der Waals surface area contributed by atoms with E-state index in [9.17, 15) is 0 Å². The quantitative estimate of drug-likeness (QED) is 0.740. The predicted octanol–water partition coefficient (Wildman–Crippen LogP) is 0.827. The van der Waals surface area contributed by atoms with Gasteiger partial charge in [-0.2, -0.15) is 5.10 Å². The molecule has 3 rings (SSSR count). The molecule has 0 radical (unpaired) electrons. The number of aromatic nitrogens is 2. The number of anilines is 1. The van der Waals surface area contributed by atoms with E-state index < -0.39 is 0 Å². The summed E-state index contributed by atoms with van der Waals surface area (Å²) < 4.78 is 2.13. The zero-order valence-electron chi connectivity index (χ0n) is 11.0. The highest BCUT2D eigenvalue weighted by Gasteiger charge is 2.22. The molecule has 0 bridgehead atoms. The largest absolute Gasteiger partial charge is 0.370 e. The summed E-state index contributed by atoms with van der Waals surface area (Å²) >= 11 is 0. The number of hydrogen-bond acceptors (Lipinski definition) is 4. The van der Waals surface area contributed by atoms with Crippen LogP contribution >= 0.6 is 0 Å². The van der Waals surface area contributed by atoms with Crippen molar-refractivity contribution in [2.75, 3.05) is 31.5 Å². The van der Waals surface area contributed by atoms with Crippen molar-refractivity contribution in [2.24, 2.45) is 5.92 Å². The van der Waals surface area contributed by atoms with Crippen LogP contribution in [0, 0.1) is 5.92 Å². The van der Waals surface area contributed by atoms with Crippen LogP contribution in [0.2, 0.25) is 0 Å². The number of piperidine rings is 1. The summed E-state index contributed by atoms with van der Waals surface area (Å²) in [6.07, 6.45) is 4.44. The van der Waals surface area contributed by atoms with Gasteiger partial charge in [0.05, 0.1) is 12.2 Å². The van der Waals surface area contributed by atoms with Gasteiger partial charge in [-0.3, -0.25) is 0 Å². The van der Waals surface area contributed by atoms with Gasteiger partial charge in [0.1, 0.15) is 5.82 Å². The van der Waals surface area contributed by atoms with Crippen molar-refractivity contribution < 1.29 is 0 Å². The molecule has 100 valence electrons. The Balaban J connectivity index is 1.54. The maximum absolute atomic E-state index is 4.42. The Morgan fingerprint density at radius 1 is 1.50 bits per heavy atom. The minimum Gasteiger partial charge on any atom is -0.370 e. The second-order valence-corrected chi connectivity index (χ2v) is 5.60. The summed E-state index contributed by atoms with van der Waals surface area (Å²) in [5.74, 6) is 1.96. The van der Waals surface area contributed by atoms with Crippen LogP contribution in [0.25, 0.3) is 0 Å². The van der Waals surface area contributed by atoms with Crippen LogP contribution < -0.4 is 16.0 Å². The first-order chi connectivity index (χ1) is 8.83. The van der Waals surface area contributed by atoms with Gasteiger partial charge < -0.3 is 16.0 Å². The molecule has 2 aliphatic rings. The number of nitrogens with zero attached hydrogens (tertiary/aromatic N) is 2. The molecule has 2 fully saturated rings. The molecule has 18 heavy (non-hydrogen) atoms. The van der Waals surface area contributed by atoms with E-state index in [1.807, 2.05) is 6.20 Å². The van der Waals surface area contributed by atoms with Crippen LogP contribution in [0.5, 0.6) is 0 Å². The van der Waals surface area contributed by atoms with Gasteiger partial charge in [0.2, 0.25) is 0 Å². The number of hydrogen-bond donors (Lipinski definition) is 3. The van der Waals surface area contributed by atoms with Crippen LogP contribution in [-0.2, 0) is 0 Å². The fraction of sp³-hybridized carbons (Fsp3) is 0.769. The summed E-state index contributed by atoms with van der Waals surface area (Å²) in [5.41, 5.74) is 0. The van der Waals surface area contributed by atoms with Gasteiger partial charge in [0.25, 0.3) is 0 Å². The lowest BCUT2D eigenvalue weighted by Gasteiger charge is -2.31. The maximum atomic E-state index is 4.42. The van der Waals surface area contributed by atoms with E-state index in [0.29, 0.717) is 12.1 Å². The molecule has 5 nitrogen and oxygen atoms in total. The van der Waals surface area contributed by atoms with Crippen LogP contribution in [0.3, 0.4) is 0 Å². The highest BCUT2D eigenvalue weighted by atomic mass is 15.4. The topological polar surface area (TPSA) is 53.9 Å². The monoisotopic (exact) mass is 249 g/mol. The highest BCUT2D eigenvalue weighted by Crippen LogP contribution is 2.20. The van der Waals surface area contributed by atoms with Crippen molar-refractivity contribution in [3.05, 3.63) is 12.3 Å². The molecule has 3 heterocycles. The predicted molar refractivity (Wildman–Crippen MR) is 72.8 cm³/mol. The van der Waals surface area contributed by atoms with Gasteiger partial charge in [0.15, 0.2) is 0 Å². The zero-order chi connectivity index (χ0) is 12.4.